The average molecular weight is 296 g/mol. The zero-order valence-electron chi connectivity index (χ0n) is 11.1. The Morgan fingerprint density at radius 1 is 1.42 bits per heavy atom. The largest absolute Gasteiger partial charge is 0.327 e. The van der Waals surface area contributed by atoms with Crippen molar-refractivity contribution in [1.82, 2.24) is 9.78 Å². The molecule has 0 aliphatic rings. The van der Waals surface area contributed by atoms with E-state index in [1.54, 1.807) is 11.8 Å². The van der Waals surface area contributed by atoms with Crippen molar-refractivity contribution < 1.29 is 0 Å². The normalized spacial score (nSPS) is 12.6. The molecule has 102 valence electrons. The van der Waals surface area contributed by atoms with E-state index in [1.165, 1.54) is 5.69 Å². The van der Waals surface area contributed by atoms with Gasteiger partial charge in [-0.05, 0) is 31.2 Å². The summed E-state index contributed by atoms with van der Waals surface area (Å²) in [4.78, 5) is 1.16. The molecule has 0 spiro atoms. The van der Waals surface area contributed by atoms with Gasteiger partial charge >= 0.3 is 0 Å². The third kappa shape index (κ3) is 4.27. The highest BCUT2D eigenvalue weighted by atomic mass is 35.5. The molecule has 1 unspecified atom stereocenters. The van der Waals surface area contributed by atoms with Crippen LogP contribution in [0.3, 0.4) is 0 Å². The Labute approximate surface area is 123 Å². The number of nitrogens with zero attached hydrogens (tertiary/aromatic N) is 2. The van der Waals surface area contributed by atoms with E-state index < -0.39 is 0 Å². The first-order chi connectivity index (χ1) is 9.04. The lowest BCUT2D eigenvalue weighted by atomic mass is 10.2. The van der Waals surface area contributed by atoms with E-state index in [2.05, 4.69) is 17.2 Å². The summed E-state index contributed by atoms with van der Waals surface area (Å²) in [6, 6.07) is 10.1. The summed E-state index contributed by atoms with van der Waals surface area (Å²) in [5.41, 5.74) is 8.39. The van der Waals surface area contributed by atoms with Crippen molar-refractivity contribution in [2.45, 2.75) is 24.3 Å². The van der Waals surface area contributed by atoms with Crippen molar-refractivity contribution in [1.29, 1.82) is 0 Å². The molecule has 2 rings (SSSR count). The van der Waals surface area contributed by atoms with Gasteiger partial charge < -0.3 is 5.73 Å². The fraction of sp³-hybridized carbons (Fsp3) is 0.357. The molecule has 0 radical (unpaired) electrons. The van der Waals surface area contributed by atoms with E-state index in [0.29, 0.717) is 0 Å². The predicted octanol–water partition coefficient (Wildman–Crippen LogP) is 3.04. The van der Waals surface area contributed by atoms with Crippen LogP contribution < -0.4 is 5.73 Å². The highest BCUT2D eigenvalue weighted by molar-refractivity contribution is 7.99. The van der Waals surface area contributed by atoms with E-state index in [-0.39, 0.29) is 6.04 Å². The summed E-state index contributed by atoms with van der Waals surface area (Å²) < 4.78 is 1.90. The van der Waals surface area contributed by atoms with Gasteiger partial charge in [0.25, 0.3) is 0 Å². The van der Waals surface area contributed by atoms with Gasteiger partial charge in [0, 0.05) is 40.9 Å². The molecule has 1 aromatic heterocycles. The summed E-state index contributed by atoms with van der Waals surface area (Å²) in [5, 5.41) is 5.10. The van der Waals surface area contributed by atoms with E-state index in [1.807, 2.05) is 36.9 Å². The van der Waals surface area contributed by atoms with E-state index >= 15 is 0 Å². The Bertz CT molecular complexity index is 553. The van der Waals surface area contributed by atoms with Crippen molar-refractivity contribution in [2.24, 2.45) is 12.8 Å². The molecule has 0 saturated carbocycles. The van der Waals surface area contributed by atoms with Crippen molar-refractivity contribution in [3.63, 3.8) is 0 Å². The number of benzene rings is 1. The number of aromatic nitrogens is 2. The minimum absolute atomic E-state index is 0.110. The number of rotatable bonds is 5. The van der Waals surface area contributed by atoms with Gasteiger partial charge in [0.15, 0.2) is 0 Å². The Balaban J connectivity index is 1.88. The lowest BCUT2D eigenvalue weighted by Crippen LogP contribution is -2.26. The Kier molecular flexibility index (Phi) is 4.91. The number of halogens is 1. The molecule has 2 aromatic rings. The van der Waals surface area contributed by atoms with Gasteiger partial charge in [-0.15, -0.1) is 11.8 Å². The minimum Gasteiger partial charge on any atom is -0.327 e. The van der Waals surface area contributed by atoms with Crippen LogP contribution in [0, 0.1) is 6.92 Å². The van der Waals surface area contributed by atoms with Crippen LogP contribution in [0.5, 0.6) is 0 Å². The van der Waals surface area contributed by atoms with Crippen LogP contribution in [0.4, 0.5) is 0 Å². The topological polar surface area (TPSA) is 43.8 Å². The molecular weight excluding hydrogens is 278 g/mol. The zero-order valence-corrected chi connectivity index (χ0v) is 12.7. The van der Waals surface area contributed by atoms with Gasteiger partial charge in [0.1, 0.15) is 0 Å². The molecular formula is C14H18ClN3S. The quantitative estimate of drug-likeness (QED) is 0.862. The minimum atomic E-state index is 0.110. The summed E-state index contributed by atoms with van der Waals surface area (Å²) in [6.45, 7) is 2.00. The van der Waals surface area contributed by atoms with Crippen LogP contribution in [0.2, 0.25) is 5.02 Å². The van der Waals surface area contributed by atoms with Crippen LogP contribution >= 0.6 is 23.4 Å². The molecule has 1 aromatic carbocycles. The summed E-state index contributed by atoms with van der Waals surface area (Å²) in [7, 11) is 1.96. The molecule has 0 aliphatic heterocycles. The first kappa shape index (κ1) is 14.4. The maximum absolute atomic E-state index is 6.17. The summed E-state index contributed by atoms with van der Waals surface area (Å²) in [6.07, 6.45) is 0.838. The fourth-order valence-electron chi connectivity index (χ4n) is 1.94. The number of hydrogen-bond acceptors (Lipinski definition) is 3. The van der Waals surface area contributed by atoms with Gasteiger partial charge in [0.05, 0.1) is 5.69 Å². The fourth-order valence-corrected chi connectivity index (χ4v) is 3.11. The van der Waals surface area contributed by atoms with E-state index in [4.69, 9.17) is 17.3 Å². The molecule has 0 aliphatic carbocycles. The highest BCUT2D eigenvalue weighted by Crippen LogP contribution is 2.22. The predicted molar refractivity (Wildman–Crippen MR) is 81.8 cm³/mol. The van der Waals surface area contributed by atoms with Crippen molar-refractivity contribution in [3.8, 4) is 0 Å². The maximum atomic E-state index is 6.17. The van der Waals surface area contributed by atoms with Crippen molar-refractivity contribution >= 4 is 23.4 Å². The molecule has 0 fully saturated rings. The Morgan fingerprint density at radius 3 is 2.84 bits per heavy atom. The first-order valence-corrected chi connectivity index (χ1v) is 7.54. The lowest BCUT2D eigenvalue weighted by molar-refractivity contribution is 0.653. The standard InChI is InChI=1S/C14H18ClN3S/c1-10-6-13(18(2)17-10)8-12(16)9-19-14-5-3-4-11(15)7-14/h3-7,12H,8-9,16H2,1-2H3. The second kappa shape index (κ2) is 6.46. The average Bonchev–Trinajstić information content (AvgIpc) is 2.65. The molecule has 0 saturated heterocycles. The molecule has 5 heteroatoms. The SMILES string of the molecule is Cc1cc(CC(N)CSc2cccc(Cl)c2)n(C)n1. The molecule has 1 atom stereocenters. The van der Waals surface area contributed by atoms with Crippen LogP contribution in [-0.2, 0) is 13.5 Å². The number of nitrogens with two attached hydrogens (primary N) is 1. The lowest BCUT2D eigenvalue weighted by Gasteiger charge is -2.11. The maximum Gasteiger partial charge on any atom is 0.0596 e. The van der Waals surface area contributed by atoms with Crippen LogP contribution in [0.15, 0.2) is 35.2 Å². The van der Waals surface area contributed by atoms with Crippen LogP contribution in [-0.4, -0.2) is 21.6 Å². The second-order valence-electron chi connectivity index (χ2n) is 4.63. The second-order valence-corrected chi connectivity index (χ2v) is 6.16. The first-order valence-electron chi connectivity index (χ1n) is 6.18. The van der Waals surface area contributed by atoms with Gasteiger partial charge in [-0.25, -0.2) is 0 Å². The summed E-state index contributed by atoms with van der Waals surface area (Å²) in [5.74, 6) is 0.866. The molecule has 1 heterocycles. The monoisotopic (exact) mass is 295 g/mol. The smallest absolute Gasteiger partial charge is 0.0596 e. The number of hydrogen-bond donors (Lipinski definition) is 1. The molecule has 2 N–H and O–H groups in total. The Hall–Kier alpha value is -0.970. The zero-order chi connectivity index (χ0) is 13.8. The third-order valence-corrected chi connectivity index (χ3v) is 4.25. The van der Waals surface area contributed by atoms with E-state index in [9.17, 15) is 0 Å². The van der Waals surface area contributed by atoms with Crippen LogP contribution in [0.25, 0.3) is 0 Å². The third-order valence-electron chi connectivity index (χ3n) is 2.83. The van der Waals surface area contributed by atoms with Gasteiger partial charge in [-0.1, -0.05) is 17.7 Å². The van der Waals surface area contributed by atoms with Gasteiger partial charge in [-0.2, -0.15) is 5.10 Å². The molecule has 19 heavy (non-hydrogen) atoms. The Morgan fingerprint density at radius 2 is 2.21 bits per heavy atom. The van der Waals surface area contributed by atoms with E-state index in [0.717, 1.165) is 27.8 Å². The molecule has 0 amide bonds. The number of aryl methyl sites for hydroxylation is 2. The molecule has 0 bridgehead atoms. The molecule has 3 nitrogen and oxygen atoms in total. The van der Waals surface area contributed by atoms with Crippen molar-refractivity contribution in [3.05, 3.63) is 46.7 Å². The summed E-state index contributed by atoms with van der Waals surface area (Å²) >= 11 is 7.69. The van der Waals surface area contributed by atoms with Crippen molar-refractivity contribution in [2.75, 3.05) is 5.75 Å². The van der Waals surface area contributed by atoms with Gasteiger partial charge in [-0.3, -0.25) is 4.68 Å². The van der Waals surface area contributed by atoms with Gasteiger partial charge in [0.2, 0.25) is 0 Å². The number of thioether (sulfide) groups is 1. The van der Waals surface area contributed by atoms with Crippen LogP contribution in [0.1, 0.15) is 11.4 Å². The highest BCUT2D eigenvalue weighted by Gasteiger charge is 2.09.